The summed E-state index contributed by atoms with van der Waals surface area (Å²) in [4.78, 5) is 27.8. The highest BCUT2D eigenvalue weighted by Crippen LogP contribution is 2.23. The predicted molar refractivity (Wildman–Crippen MR) is 65.7 cm³/mol. The Morgan fingerprint density at radius 3 is 2.71 bits per heavy atom. The number of nitriles is 1. The number of pyridine rings is 1. The van der Waals surface area contributed by atoms with Crippen molar-refractivity contribution in [1.29, 1.82) is 5.26 Å². The molecular formula is C10H7N7O4. The molecule has 2 heterocycles. The molecule has 0 bridgehead atoms. The zero-order valence-electron chi connectivity index (χ0n) is 10.4. The lowest BCUT2D eigenvalue weighted by Gasteiger charge is -2.01. The van der Waals surface area contributed by atoms with Gasteiger partial charge in [0.1, 0.15) is 11.6 Å². The third kappa shape index (κ3) is 2.59. The highest BCUT2D eigenvalue weighted by molar-refractivity contribution is 5.83. The summed E-state index contributed by atoms with van der Waals surface area (Å²) in [5, 5.41) is 39.6. The van der Waals surface area contributed by atoms with Crippen LogP contribution in [0, 0.1) is 18.3 Å². The van der Waals surface area contributed by atoms with Gasteiger partial charge in [0.2, 0.25) is 11.7 Å². The first-order valence-corrected chi connectivity index (χ1v) is 5.37. The van der Waals surface area contributed by atoms with Gasteiger partial charge in [-0.1, -0.05) is 0 Å². The summed E-state index contributed by atoms with van der Waals surface area (Å²) in [7, 11) is 0. The van der Waals surface area contributed by atoms with E-state index in [1.165, 1.54) is 6.92 Å². The van der Waals surface area contributed by atoms with E-state index in [0.29, 0.717) is 0 Å². The normalized spacial score (nSPS) is 10.7. The number of hydrogen-bond donors (Lipinski definition) is 4. The molecule has 0 atom stereocenters. The molecule has 2 rings (SSSR count). The van der Waals surface area contributed by atoms with Crippen molar-refractivity contribution in [2.75, 3.05) is 0 Å². The molecule has 0 saturated carbocycles. The number of azo groups is 1. The molecule has 0 saturated heterocycles. The van der Waals surface area contributed by atoms with Crippen LogP contribution >= 0.6 is 0 Å². The highest BCUT2D eigenvalue weighted by atomic mass is 16.4. The lowest BCUT2D eigenvalue weighted by atomic mass is 10.1. The van der Waals surface area contributed by atoms with Crippen LogP contribution in [0.4, 0.5) is 11.6 Å². The van der Waals surface area contributed by atoms with Crippen molar-refractivity contribution < 1.29 is 15.0 Å². The van der Waals surface area contributed by atoms with E-state index in [2.05, 4.69) is 25.4 Å². The van der Waals surface area contributed by atoms with Gasteiger partial charge in [-0.25, -0.2) is 4.79 Å². The zero-order valence-corrected chi connectivity index (χ0v) is 10.4. The monoisotopic (exact) mass is 289 g/mol. The number of carbonyl (C=O) groups is 1. The molecule has 2 aromatic rings. The van der Waals surface area contributed by atoms with Crippen molar-refractivity contribution in [3.8, 4) is 11.9 Å². The molecule has 0 radical (unpaired) electrons. The fraction of sp³-hybridized carbons (Fsp3) is 0.100. The standard InChI is InChI=1S/C10H7N7O4/c1-3-4(2-11)7(18)13-8(19)5(3)14-16-10-12-6(9(20)21)15-17-10/h1H3,(H,20,21)(H,12,15,17)(H2,13,18,19). The summed E-state index contributed by atoms with van der Waals surface area (Å²) >= 11 is 0. The lowest BCUT2D eigenvalue weighted by Crippen LogP contribution is -2.08. The van der Waals surface area contributed by atoms with Gasteiger partial charge in [0.05, 0.1) is 0 Å². The van der Waals surface area contributed by atoms with E-state index >= 15 is 0 Å². The number of carboxylic acids is 1. The molecule has 4 N–H and O–H groups in total. The third-order valence-electron chi connectivity index (χ3n) is 2.44. The Hall–Kier alpha value is -3.55. The summed E-state index contributed by atoms with van der Waals surface area (Å²) < 4.78 is 0. The van der Waals surface area contributed by atoms with Crippen LogP contribution in [0.1, 0.15) is 21.7 Å². The Labute approximate surface area is 115 Å². The zero-order chi connectivity index (χ0) is 15.6. The number of nitrogens with one attached hydrogen (secondary N) is 2. The maximum Gasteiger partial charge on any atom is 0.373 e. The van der Waals surface area contributed by atoms with E-state index in [4.69, 9.17) is 10.4 Å². The molecule has 0 aliphatic carbocycles. The quantitative estimate of drug-likeness (QED) is 0.593. The summed E-state index contributed by atoms with van der Waals surface area (Å²) in [6.45, 7) is 1.41. The molecule has 0 aliphatic rings. The molecule has 11 nitrogen and oxygen atoms in total. The number of hydrogen-bond acceptors (Lipinski definition) is 8. The van der Waals surface area contributed by atoms with E-state index in [0.717, 1.165) is 0 Å². The summed E-state index contributed by atoms with van der Waals surface area (Å²) in [6.07, 6.45) is 0. The van der Waals surface area contributed by atoms with Crippen molar-refractivity contribution in [3.05, 3.63) is 27.3 Å². The van der Waals surface area contributed by atoms with Crippen LogP contribution in [0.3, 0.4) is 0 Å². The minimum atomic E-state index is -1.32. The van der Waals surface area contributed by atoms with E-state index in [1.54, 1.807) is 6.07 Å². The van der Waals surface area contributed by atoms with Gasteiger partial charge in [-0.05, 0) is 6.92 Å². The summed E-state index contributed by atoms with van der Waals surface area (Å²) in [6, 6.07) is 1.71. The minimum Gasteiger partial charge on any atom is -0.494 e. The largest absolute Gasteiger partial charge is 0.494 e. The van der Waals surface area contributed by atoms with Crippen molar-refractivity contribution in [2.24, 2.45) is 10.2 Å². The van der Waals surface area contributed by atoms with Crippen LogP contribution in [0.2, 0.25) is 0 Å². The molecule has 0 amide bonds. The Bertz CT molecular complexity index is 842. The van der Waals surface area contributed by atoms with Gasteiger partial charge in [0.25, 0.3) is 11.5 Å². The Morgan fingerprint density at radius 1 is 1.43 bits per heavy atom. The number of rotatable bonds is 3. The number of H-pyrrole nitrogens is 2. The molecule has 11 heteroatoms. The summed E-state index contributed by atoms with van der Waals surface area (Å²) in [5.41, 5.74) is -1.01. The molecule has 0 fully saturated rings. The second-order valence-corrected chi connectivity index (χ2v) is 3.75. The Balaban J connectivity index is 2.44. The van der Waals surface area contributed by atoms with Crippen molar-refractivity contribution >= 4 is 17.6 Å². The van der Waals surface area contributed by atoms with Gasteiger partial charge in [-0.3, -0.25) is 14.9 Å². The highest BCUT2D eigenvalue weighted by Gasteiger charge is 2.14. The van der Waals surface area contributed by atoms with Gasteiger partial charge in [0.15, 0.2) is 5.69 Å². The Morgan fingerprint density at radius 2 is 2.14 bits per heavy atom. The third-order valence-corrected chi connectivity index (χ3v) is 2.44. The lowest BCUT2D eigenvalue weighted by molar-refractivity contribution is 0.0684. The molecule has 0 unspecified atom stereocenters. The van der Waals surface area contributed by atoms with Crippen molar-refractivity contribution in [2.45, 2.75) is 6.92 Å². The predicted octanol–water partition coefficient (Wildman–Crippen LogP) is 0.492. The number of aromatic hydroxyl groups is 1. The van der Waals surface area contributed by atoms with Crippen LogP contribution in [-0.2, 0) is 0 Å². The molecule has 0 aromatic carbocycles. The molecule has 0 aliphatic heterocycles. The first-order chi connectivity index (χ1) is 9.93. The number of nitrogens with zero attached hydrogens (tertiary/aromatic N) is 5. The molecule has 21 heavy (non-hydrogen) atoms. The average molecular weight is 289 g/mol. The smallest absolute Gasteiger partial charge is 0.373 e. The molecule has 0 spiro atoms. The van der Waals surface area contributed by atoms with E-state index in [9.17, 15) is 14.7 Å². The number of aromatic amines is 2. The average Bonchev–Trinajstić information content (AvgIpc) is 2.87. The van der Waals surface area contributed by atoms with Crippen LogP contribution in [0.15, 0.2) is 15.0 Å². The topological polar surface area (TPSA) is 180 Å². The molecule has 106 valence electrons. The Kier molecular flexibility index (Phi) is 3.44. The van der Waals surface area contributed by atoms with Crippen molar-refractivity contribution in [3.63, 3.8) is 0 Å². The molecular weight excluding hydrogens is 282 g/mol. The van der Waals surface area contributed by atoms with Crippen LogP contribution in [0.5, 0.6) is 5.88 Å². The van der Waals surface area contributed by atoms with Gasteiger partial charge in [-0.2, -0.15) is 10.2 Å². The second kappa shape index (κ2) is 5.21. The van der Waals surface area contributed by atoms with Crippen LogP contribution in [0.25, 0.3) is 0 Å². The van der Waals surface area contributed by atoms with E-state index in [1.807, 2.05) is 4.98 Å². The van der Waals surface area contributed by atoms with E-state index in [-0.39, 0.29) is 22.8 Å². The van der Waals surface area contributed by atoms with Gasteiger partial charge in [0, 0.05) is 5.56 Å². The van der Waals surface area contributed by atoms with Crippen molar-refractivity contribution in [1.82, 2.24) is 20.2 Å². The molecule has 2 aromatic heterocycles. The number of aromatic nitrogens is 4. The van der Waals surface area contributed by atoms with Gasteiger partial charge in [-0.15, -0.1) is 15.3 Å². The summed E-state index contributed by atoms with van der Waals surface area (Å²) in [5.74, 6) is -2.62. The van der Waals surface area contributed by atoms with Gasteiger partial charge < -0.3 is 10.2 Å². The second-order valence-electron chi connectivity index (χ2n) is 3.75. The number of carboxylic acid groups (broad SMARTS) is 1. The van der Waals surface area contributed by atoms with Gasteiger partial charge >= 0.3 is 5.97 Å². The first-order valence-electron chi connectivity index (χ1n) is 5.37. The number of aromatic carboxylic acids is 1. The van der Waals surface area contributed by atoms with Crippen LogP contribution < -0.4 is 5.56 Å². The minimum absolute atomic E-state index is 0.122. The maximum absolute atomic E-state index is 11.6. The van der Waals surface area contributed by atoms with E-state index < -0.39 is 23.2 Å². The maximum atomic E-state index is 11.6. The first kappa shape index (κ1) is 13.9. The van der Waals surface area contributed by atoms with Crippen LogP contribution in [-0.4, -0.2) is 36.3 Å². The fourth-order valence-corrected chi connectivity index (χ4v) is 1.44. The fourth-order valence-electron chi connectivity index (χ4n) is 1.44. The SMILES string of the molecule is Cc1c(C#N)c(O)[nH]c(=O)c1N=Nc1n[nH]c(C(=O)O)n1.